The number of hydrogen-bond donors (Lipinski definition) is 2. The third-order valence-electron chi connectivity index (χ3n) is 1.79. The molecule has 5 nitrogen and oxygen atoms in total. The van der Waals surface area contributed by atoms with Crippen molar-refractivity contribution in [2.45, 2.75) is 23.7 Å². The van der Waals surface area contributed by atoms with Crippen molar-refractivity contribution in [3.05, 3.63) is 5.82 Å². The quantitative estimate of drug-likeness (QED) is 0.731. The first-order valence-electron chi connectivity index (χ1n) is 4.46. The molecule has 7 heteroatoms. The van der Waals surface area contributed by atoms with Gasteiger partial charge < -0.3 is 10.4 Å². The van der Waals surface area contributed by atoms with E-state index < -0.39 is 12.0 Å². The summed E-state index contributed by atoms with van der Waals surface area (Å²) in [6.07, 6.45) is 0.578. The summed E-state index contributed by atoms with van der Waals surface area (Å²) in [5.74, 6) is 0.685. The molecule has 0 fully saturated rings. The van der Waals surface area contributed by atoms with Crippen LogP contribution in [0.5, 0.6) is 0 Å². The number of thioether (sulfide) groups is 1. The van der Waals surface area contributed by atoms with Gasteiger partial charge >= 0.3 is 5.97 Å². The fraction of sp³-hybridized carbons (Fsp3) is 0.625. The van der Waals surface area contributed by atoms with Crippen LogP contribution >= 0.6 is 23.3 Å². The summed E-state index contributed by atoms with van der Waals surface area (Å²) in [7, 11) is 1.65. The molecule has 0 saturated heterocycles. The van der Waals surface area contributed by atoms with Crippen LogP contribution in [-0.2, 0) is 4.79 Å². The molecule has 0 aromatic carbocycles. The van der Waals surface area contributed by atoms with Gasteiger partial charge in [-0.3, -0.25) is 4.79 Å². The summed E-state index contributed by atoms with van der Waals surface area (Å²) in [5, 5.41) is 11.5. The fourth-order valence-electron chi connectivity index (χ4n) is 0.992. The van der Waals surface area contributed by atoms with Gasteiger partial charge in [-0.15, -0.1) is 0 Å². The number of aromatic nitrogens is 2. The average molecular weight is 247 g/mol. The van der Waals surface area contributed by atoms with E-state index in [9.17, 15) is 4.79 Å². The SMILES string of the molecule is CNC(CCSc1nc(C)ns1)C(=O)O. The Labute approximate surface area is 96.5 Å². The Morgan fingerprint density at radius 3 is 2.93 bits per heavy atom. The summed E-state index contributed by atoms with van der Waals surface area (Å²) in [6, 6.07) is -0.480. The Hall–Kier alpha value is -0.660. The van der Waals surface area contributed by atoms with Crippen molar-refractivity contribution in [3.63, 3.8) is 0 Å². The molecule has 1 rings (SSSR count). The summed E-state index contributed by atoms with van der Waals surface area (Å²) < 4.78 is 4.94. The van der Waals surface area contributed by atoms with Gasteiger partial charge in [-0.25, -0.2) is 4.98 Å². The molecule has 1 aromatic rings. The minimum Gasteiger partial charge on any atom is -0.480 e. The normalized spacial score (nSPS) is 12.7. The highest BCUT2D eigenvalue weighted by atomic mass is 32.2. The number of aliphatic carboxylic acids is 1. The second-order valence-electron chi connectivity index (χ2n) is 2.92. The monoisotopic (exact) mass is 247 g/mol. The lowest BCUT2D eigenvalue weighted by Gasteiger charge is -2.09. The van der Waals surface area contributed by atoms with E-state index in [0.29, 0.717) is 6.42 Å². The van der Waals surface area contributed by atoms with Crippen molar-refractivity contribution in [1.82, 2.24) is 14.7 Å². The van der Waals surface area contributed by atoms with Crippen LogP contribution < -0.4 is 5.32 Å². The van der Waals surface area contributed by atoms with Gasteiger partial charge in [-0.2, -0.15) is 4.37 Å². The van der Waals surface area contributed by atoms with Crippen LogP contribution in [0, 0.1) is 6.92 Å². The first-order chi connectivity index (χ1) is 7.13. The van der Waals surface area contributed by atoms with E-state index in [4.69, 9.17) is 5.11 Å². The molecule has 0 aliphatic carbocycles. The van der Waals surface area contributed by atoms with Crippen molar-refractivity contribution in [1.29, 1.82) is 0 Å². The van der Waals surface area contributed by atoms with Crippen LogP contribution in [0.25, 0.3) is 0 Å². The average Bonchev–Trinajstić information content (AvgIpc) is 2.58. The van der Waals surface area contributed by atoms with Gasteiger partial charge in [0.15, 0.2) is 4.34 Å². The zero-order valence-electron chi connectivity index (χ0n) is 8.56. The van der Waals surface area contributed by atoms with E-state index >= 15 is 0 Å². The van der Waals surface area contributed by atoms with Gasteiger partial charge in [-0.1, -0.05) is 11.8 Å². The molecule has 1 atom stereocenters. The molecule has 1 aromatic heterocycles. The Balaban J connectivity index is 2.29. The lowest BCUT2D eigenvalue weighted by molar-refractivity contribution is -0.139. The molecule has 0 radical (unpaired) electrons. The van der Waals surface area contributed by atoms with Crippen LogP contribution in [0.1, 0.15) is 12.2 Å². The summed E-state index contributed by atoms with van der Waals surface area (Å²) in [5.41, 5.74) is 0. The minimum atomic E-state index is -0.813. The highest BCUT2D eigenvalue weighted by molar-refractivity contribution is 8.00. The number of aryl methyl sites for hydroxylation is 1. The van der Waals surface area contributed by atoms with E-state index in [1.165, 1.54) is 11.5 Å². The lowest BCUT2D eigenvalue weighted by Crippen LogP contribution is -2.34. The van der Waals surface area contributed by atoms with E-state index in [-0.39, 0.29) is 0 Å². The van der Waals surface area contributed by atoms with Crippen molar-refractivity contribution in [3.8, 4) is 0 Å². The standard InChI is InChI=1S/C8H13N3O2S2/c1-5-10-8(15-11-5)14-4-3-6(9-2)7(12)13/h6,9H,3-4H2,1-2H3,(H,12,13). The summed E-state index contributed by atoms with van der Waals surface area (Å²) >= 11 is 2.90. The molecule has 2 N–H and O–H groups in total. The van der Waals surface area contributed by atoms with E-state index in [2.05, 4.69) is 14.7 Å². The molecule has 0 spiro atoms. The molecule has 1 unspecified atom stereocenters. The highest BCUT2D eigenvalue weighted by Gasteiger charge is 2.14. The zero-order chi connectivity index (χ0) is 11.3. The van der Waals surface area contributed by atoms with Crippen LogP contribution in [-0.4, -0.2) is 39.3 Å². The number of likely N-dealkylation sites (N-methyl/N-ethyl adjacent to an activating group) is 1. The molecule has 0 aliphatic heterocycles. The van der Waals surface area contributed by atoms with Crippen molar-refractivity contribution < 1.29 is 9.90 Å². The van der Waals surface area contributed by atoms with Crippen molar-refractivity contribution >= 4 is 29.3 Å². The highest BCUT2D eigenvalue weighted by Crippen LogP contribution is 2.20. The molecule has 0 aliphatic rings. The Morgan fingerprint density at radius 2 is 2.47 bits per heavy atom. The van der Waals surface area contributed by atoms with Crippen LogP contribution in [0.3, 0.4) is 0 Å². The molecule has 1 heterocycles. The predicted molar refractivity (Wildman–Crippen MR) is 60.5 cm³/mol. The number of nitrogens with one attached hydrogen (secondary N) is 1. The zero-order valence-corrected chi connectivity index (χ0v) is 10.2. The molecular formula is C8H13N3O2S2. The Bertz CT molecular complexity index is 329. The number of carbonyl (C=O) groups is 1. The molecule has 0 bridgehead atoms. The second-order valence-corrected chi connectivity index (χ2v) is 5.02. The molecular weight excluding hydrogens is 234 g/mol. The van der Waals surface area contributed by atoms with Gasteiger partial charge in [0.25, 0.3) is 0 Å². The fourth-order valence-corrected chi connectivity index (χ4v) is 2.71. The molecule has 0 amide bonds. The van der Waals surface area contributed by atoms with Crippen molar-refractivity contribution in [2.75, 3.05) is 12.8 Å². The van der Waals surface area contributed by atoms with Gasteiger partial charge in [0.05, 0.1) is 0 Å². The lowest BCUT2D eigenvalue weighted by atomic mass is 10.2. The first kappa shape index (κ1) is 12.4. The summed E-state index contributed by atoms with van der Waals surface area (Å²) in [6.45, 7) is 1.84. The minimum absolute atomic E-state index is 0.480. The van der Waals surface area contributed by atoms with Gasteiger partial charge in [0.1, 0.15) is 11.9 Å². The van der Waals surface area contributed by atoms with E-state index in [1.807, 2.05) is 6.92 Å². The largest absolute Gasteiger partial charge is 0.480 e. The number of carboxylic acids is 1. The van der Waals surface area contributed by atoms with E-state index in [1.54, 1.807) is 18.8 Å². The van der Waals surface area contributed by atoms with Crippen LogP contribution in [0.2, 0.25) is 0 Å². The van der Waals surface area contributed by atoms with Crippen LogP contribution in [0.4, 0.5) is 0 Å². The van der Waals surface area contributed by atoms with Gasteiger partial charge in [-0.05, 0) is 31.9 Å². The third kappa shape index (κ3) is 4.15. The third-order valence-corrected chi connectivity index (χ3v) is 3.75. The number of hydrogen-bond acceptors (Lipinski definition) is 6. The molecule has 15 heavy (non-hydrogen) atoms. The topological polar surface area (TPSA) is 75.1 Å². The van der Waals surface area contributed by atoms with Crippen LogP contribution in [0.15, 0.2) is 4.34 Å². The Kier molecular flexibility index (Phi) is 5.00. The van der Waals surface area contributed by atoms with Gasteiger partial charge in [0.2, 0.25) is 0 Å². The summed E-state index contributed by atoms with van der Waals surface area (Å²) in [4.78, 5) is 14.9. The number of rotatable bonds is 6. The molecule has 84 valence electrons. The number of carboxylic acid groups (broad SMARTS) is 1. The number of nitrogens with zero attached hydrogens (tertiary/aromatic N) is 2. The van der Waals surface area contributed by atoms with E-state index in [0.717, 1.165) is 15.9 Å². The maximum absolute atomic E-state index is 10.7. The first-order valence-corrected chi connectivity index (χ1v) is 6.22. The Morgan fingerprint density at radius 1 is 1.73 bits per heavy atom. The van der Waals surface area contributed by atoms with Gasteiger partial charge in [0, 0.05) is 5.75 Å². The predicted octanol–water partition coefficient (Wildman–Crippen LogP) is 1.00. The maximum atomic E-state index is 10.7. The second kappa shape index (κ2) is 6.04. The maximum Gasteiger partial charge on any atom is 0.320 e. The molecule has 0 saturated carbocycles. The van der Waals surface area contributed by atoms with Crippen molar-refractivity contribution in [2.24, 2.45) is 0 Å². The smallest absolute Gasteiger partial charge is 0.320 e.